The van der Waals surface area contributed by atoms with Gasteiger partial charge in [0.2, 0.25) is 0 Å². The average molecular weight is 239 g/mol. The summed E-state index contributed by atoms with van der Waals surface area (Å²) < 4.78 is 32.5. The number of nitrogens with one attached hydrogen (secondary N) is 1. The average Bonchev–Trinajstić information content (AvgIpc) is 2.99. The molecule has 2 nitrogen and oxygen atoms in total. The van der Waals surface area contributed by atoms with Gasteiger partial charge in [-0.15, -0.1) is 0 Å². The number of fused-ring (bicyclic) bond motifs is 1. The Balaban J connectivity index is 1.97. The van der Waals surface area contributed by atoms with Crippen molar-refractivity contribution >= 4 is 0 Å². The second-order valence-electron chi connectivity index (χ2n) is 4.96. The fraction of sp³-hybridized carbons (Fsp3) is 0.538. The summed E-state index contributed by atoms with van der Waals surface area (Å²) in [5, 5.41) is 3.40. The second kappa shape index (κ2) is 3.95. The van der Waals surface area contributed by atoms with Crippen molar-refractivity contribution in [2.24, 2.45) is 0 Å². The van der Waals surface area contributed by atoms with Gasteiger partial charge < -0.3 is 10.1 Å². The summed E-state index contributed by atoms with van der Waals surface area (Å²) in [6, 6.07) is 2.64. The van der Waals surface area contributed by atoms with E-state index in [1.165, 1.54) is 6.07 Å². The summed E-state index contributed by atoms with van der Waals surface area (Å²) >= 11 is 0. The van der Waals surface area contributed by atoms with Gasteiger partial charge in [-0.05, 0) is 19.8 Å². The fourth-order valence-corrected chi connectivity index (χ4v) is 2.40. The Kier molecular flexibility index (Phi) is 2.54. The van der Waals surface area contributed by atoms with Gasteiger partial charge in [0, 0.05) is 36.2 Å². The summed E-state index contributed by atoms with van der Waals surface area (Å²) in [5.41, 5.74) is 0.483. The molecule has 1 saturated carbocycles. The Morgan fingerprint density at radius 3 is 2.76 bits per heavy atom. The van der Waals surface area contributed by atoms with Crippen LogP contribution in [0.2, 0.25) is 0 Å². The Hall–Kier alpha value is -1.16. The molecule has 92 valence electrons. The molecule has 1 heterocycles. The van der Waals surface area contributed by atoms with Crippen molar-refractivity contribution in [3.8, 4) is 5.75 Å². The third-order valence-electron chi connectivity index (χ3n) is 3.31. The maximum absolute atomic E-state index is 13.8. The van der Waals surface area contributed by atoms with Crippen molar-refractivity contribution in [1.82, 2.24) is 5.32 Å². The minimum absolute atomic E-state index is 0.0139. The Morgan fingerprint density at radius 2 is 2.06 bits per heavy atom. The van der Waals surface area contributed by atoms with Crippen LogP contribution in [-0.2, 0) is 0 Å². The standard InChI is InChI=1S/C13H15F2NO/c1-7-4-11(16-9-2-3-9)13-10(15)5-8(14)6-12(13)17-7/h5-7,9,11,16H,2-4H2,1H3. The molecule has 3 rings (SSSR count). The SMILES string of the molecule is CC1CC(NC2CC2)c2c(F)cc(F)cc2O1. The molecule has 0 bridgehead atoms. The van der Waals surface area contributed by atoms with Crippen molar-refractivity contribution < 1.29 is 13.5 Å². The highest BCUT2D eigenvalue weighted by molar-refractivity contribution is 5.40. The van der Waals surface area contributed by atoms with E-state index in [1.54, 1.807) is 0 Å². The van der Waals surface area contributed by atoms with Crippen LogP contribution in [0.3, 0.4) is 0 Å². The normalized spacial score (nSPS) is 27.5. The molecule has 1 fully saturated rings. The molecular weight excluding hydrogens is 224 g/mol. The van der Waals surface area contributed by atoms with Gasteiger partial charge in [-0.1, -0.05) is 0 Å². The highest BCUT2D eigenvalue weighted by Crippen LogP contribution is 2.39. The van der Waals surface area contributed by atoms with Crippen molar-refractivity contribution in [2.75, 3.05) is 0 Å². The maximum Gasteiger partial charge on any atom is 0.134 e. The van der Waals surface area contributed by atoms with Crippen molar-refractivity contribution in [2.45, 2.75) is 44.4 Å². The van der Waals surface area contributed by atoms with Crippen molar-refractivity contribution in [3.05, 3.63) is 29.3 Å². The van der Waals surface area contributed by atoms with Crippen molar-refractivity contribution in [1.29, 1.82) is 0 Å². The molecule has 1 N–H and O–H groups in total. The smallest absolute Gasteiger partial charge is 0.134 e. The van der Waals surface area contributed by atoms with Crippen LogP contribution < -0.4 is 10.1 Å². The molecule has 1 aromatic carbocycles. The first-order valence-electron chi connectivity index (χ1n) is 6.05. The van der Waals surface area contributed by atoms with Crippen LogP contribution in [-0.4, -0.2) is 12.1 Å². The quantitative estimate of drug-likeness (QED) is 0.856. The van der Waals surface area contributed by atoms with Gasteiger partial charge in [-0.2, -0.15) is 0 Å². The summed E-state index contributed by atoms with van der Waals surface area (Å²) in [5.74, 6) is -0.745. The van der Waals surface area contributed by atoms with Gasteiger partial charge in [0.1, 0.15) is 17.4 Å². The third kappa shape index (κ3) is 2.14. The lowest BCUT2D eigenvalue weighted by atomic mass is 9.96. The molecule has 1 aliphatic heterocycles. The minimum atomic E-state index is -0.583. The third-order valence-corrected chi connectivity index (χ3v) is 3.31. The fourth-order valence-electron chi connectivity index (χ4n) is 2.40. The first-order chi connectivity index (χ1) is 8.13. The molecule has 0 saturated heterocycles. The van der Waals surface area contributed by atoms with Crippen LogP contribution in [0, 0.1) is 11.6 Å². The summed E-state index contributed by atoms with van der Waals surface area (Å²) in [4.78, 5) is 0. The molecule has 0 spiro atoms. The minimum Gasteiger partial charge on any atom is -0.490 e. The van der Waals surface area contributed by atoms with Gasteiger partial charge in [-0.25, -0.2) is 8.78 Å². The summed E-state index contributed by atoms with van der Waals surface area (Å²) in [6.45, 7) is 1.92. The van der Waals surface area contributed by atoms with E-state index in [4.69, 9.17) is 4.74 Å². The zero-order valence-electron chi connectivity index (χ0n) is 9.67. The van der Waals surface area contributed by atoms with Gasteiger partial charge in [0.25, 0.3) is 0 Å². The molecule has 2 unspecified atom stereocenters. The summed E-state index contributed by atoms with van der Waals surface area (Å²) in [6.07, 6.45) is 3.00. The zero-order chi connectivity index (χ0) is 12.0. The van der Waals surface area contributed by atoms with Crippen LogP contribution in [0.4, 0.5) is 8.78 Å². The number of rotatable bonds is 2. The Bertz CT molecular complexity index is 445. The lowest BCUT2D eigenvalue weighted by Crippen LogP contribution is -2.33. The molecule has 0 aromatic heterocycles. The lowest BCUT2D eigenvalue weighted by Gasteiger charge is -2.31. The molecule has 2 aliphatic rings. The van der Waals surface area contributed by atoms with Crippen LogP contribution in [0.1, 0.15) is 37.8 Å². The van der Waals surface area contributed by atoms with Crippen LogP contribution in [0.25, 0.3) is 0 Å². The Morgan fingerprint density at radius 1 is 1.29 bits per heavy atom. The molecule has 1 aliphatic carbocycles. The molecule has 17 heavy (non-hydrogen) atoms. The van der Waals surface area contributed by atoms with E-state index >= 15 is 0 Å². The van der Waals surface area contributed by atoms with E-state index in [9.17, 15) is 8.78 Å². The number of halogens is 2. The number of hydrogen-bond acceptors (Lipinski definition) is 2. The highest BCUT2D eigenvalue weighted by atomic mass is 19.1. The molecule has 4 heteroatoms. The van der Waals surface area contributed by atoms with Gasteiger partial charge in [0.15, 0.2) is 0 Å². The van der Waals surface area contributed by atoms with E-state index in [0.29, 0.717) is 17.4 Å². The van der Waals surface area contributed by atoms with E-state index in [0.717, 1.165) is 25.3 Å². The van der Waals surface area contributed by atoms with Gasteiger partial charge >= 0.3 is 0 Å². The van der Waals surface area contributed by atoms with Crippen molar-refractivity contribution in [3.63, 3.8) is 0 Å². The molecule has 0 radical (unpaired) electrons. The molecule has 2 atom stereocenters. The first kappa shape index (κ1) is 11.0. The van der Waals surface area contributed by atoms with Crippen LogP contribution in [0.15, 0.2) is 12.1 Å². The van der Waals surface area contributed by atoms with E-state index < -0.39 is 11.6 Å². The molecule has 1 aromatic rings. The second-order valence-corrected chi connectivity index (χ2v) is 4.96. The molecule has 0 amide bonds. The maximum atomic E-state index is 13.8. The van der Waals surface area contributed by atoms with Gasteiger partial charge in [-0.3, -0.25) is 0 Å². The number of benzene rings is 1. The predicted molar refractivity (Wildman–Crippen MR) is 60.0 cm³/mol. The monoisotopic (exact) mass is 239 g/mol. The summed E-state index contributed by atoms with van der Waals surface area (Å²) in [7, 11) is 0. The first-order valence-corrected chi connectivity index (χ1v) is 6.05. The number of hydrogen-bond donors (Lipinski definition) is 1. The lowest BCUT2D eigenvalue weighted by molar-refractivity contribution is 0.161. The zero-order valence-corrected chi connectivity index (χ0v) is 9.67. The molecular formula is C13H15F2NO. The largest absolute Gasteiger partial charge is 0.490 e. The number of ether oxygens (including phenoxy) is 1. The Labute approximate surface area is 99.0 Å². The highest BCUT2D eigenvalue weighted by Gasteiger charge is 2.33. The van der Waals surface area contributed by atoms with Crippen LogP contribution >= 0.6 is 0 Å². The topological polar surface area (TPSA) is 21.3 Å². The van der Waals surface area contributed by atoms with Crippen LogP contribution in [0.5, 0.6) is 5.75 Å². The predicted octanol–water partition coefficient (Wildman–Crippen LogP) is 2.93. The van der Waals surface area contributed by atoms with Gasteiger partial charge in [0.05, 0.1) is 6.10 Å². The van der Waals surface area contributed by atoms with E-state index in [1.807, 2.05) is 6.92 Å². The van der Waals surface area contributed by atoms with E-state index in [-0.39, 0.29) is 12.1 Å². The van der Waals surface area contributed by atoms with E-state index in [2.05, 4.69) is 5.32 Å².